The van der Waals surface area contributed by atoms with Crippen LogP contribution in [0.4, 0.5) is 0 Å². The van der Waals surface area contributed by atoms with Gasteiger partial charge in [0, 0.05) is 5.92 Å². The second-order valence-corrected chi connectivity index (χ2v) is 4.46. The Morgan fingerprint density at radius 3 is 2.60 bits per heavy atom. The fourth-order valence-electron chi connectivity index (χ4n) is 2.21. The van der Waals surface area contributed by atoms with Gasteiger partial charge in [-0.2, -0.15) is 0 Å². The van der Waals surface area contributed by atoms with Gasteiger partial charge in [0.25, 0.3) is 0 Å². The molecule has 0 aliphatic heterocycles. The number of rotatable bonds is 1. The zero-order valence-electron chi connectivity index (χ0n) is 9.45. The van der Waals surface area contributed by atoms with E-state index in [-0.39, 0.29) is 11.7 Å². The van der Waals surface area contributed by atoms with Gasteiger partial charge in [0.2, 0.25) is 0 Å². The van der Waals surface area contributed by atoms with E-state index in [2.05, 4.69) is 32.0 Å². The molecule has 0 aromatic heterocycles. The van der Waals surface area contributed by atoms with E-state index in [9.17, 15) is 4.79 Å². The molecule has 15 heavy (non-hydrogen) atoms. The quantitative estimate of drug-likeness (QED) is 0.678. The van der Waals surface area contributed by atoms with Gasteiger partial charge in [-0.3, -0.25) is 4.79 Å². The average molecular weight is 200 g/mol. The first-order valence-electron chi connectivity index (χ1n) is 5.46. The molecule has 1 heteroatoms. The van der Waals surface area contributed by atoms with Gasteiger partial charge in [0.05, 0.1) is 0 Å². The van der Waals surface area contributed by atoms with Crippen molar-refractivity contribution in [1.82, 2.24) is 0 Å². The zero-order chi connectivity index (χ0) is 11.0. The number of benzene rings is 1. The van der Waals surface area contributed by atoms with Gasteiger partial charge in [0.1, 0.15) is 0 Å². The molecule has 1 aromatic carbocycles. The molecule has 1 aromatic rings. The lowest BCUT2D eigenvalue weighted by Crippen LogP contribution is -2.14. The molecule has 0 saturated heterocycles. The summed E-state index contributed by atoms with van der Waals surface area (Å²) in [5.74, 6) is 0.709. The van der Waals surface area contributed by atoms with Crippen molar-refractivity contribution in [3.05, 3.63) is 41.0 Å². The standard InChI is InChI=1S/C14H16O/c1-9(2)12-6-4-5-11-7-8-13(15)10(3)14(11)12/h4-10H,1-3H3. The highest BCUT2D eigenvalue weighted by Gasteiger charge is 2.23. The molecule has 1 unspecified atom stereocenters. The number of allylic oxidation sites excluding steroid dienone is 1. The van der Waals surface area contributed by atoms with Gasteiger partial charge in [0.15, 0.2) is 5.78 Å². The van der Waals surface area contributed by atoms with Gasteiger partial charge >= 0.3 is 0 Å². The molecule has 0 radical (unpaired) electrons. The molecule has 0 bridgehead atoms. The fraction of sp³-hybridized carbons (Fsp3) is 0.357. The van der Waals surface area contributed by atoms with Crippen LogP contribution >= 0.6 is 0 Å². The lowest BCUT2D eigenvalue weighted by Gasteiger charge is -2.22. The Hall–Kier alpha value is -1.37. The van der Waals surface area contributed by atoms with Crippen molar-refractivity contribution in [1.29, 1.82) is 0 Å². The molecule has 0 spiro atoms. The van der Waals surface area contributed by atoms with E-state index < -0.39 is 0 Å². The van der Waals surface area contributed by atoms with Crippen LogP contribution in [0.1, 0.15) is 49.3 Å². The predicted molar refractivity (Wildman–Crippen MR) is 63.0 cm³/mol. The summed E-state index contributed by atoms with van der Waals surface area (Å²) in [7, 11) is 0. The minimum Gasteiger partial charge on any atom is -0.294 e. The SMILES string of the molecule is CC(C)c1cccc2c1C(C)C(=O)C=C2. The van der Waals surface area contributed by atoms with Crippen molar-refractivity contribution in [3.63, 3.8) is 0 Å². The van der Waals surface area contributed by atoms with Crippen LogP contribution in [0, 0.1) is 0 Å². The average Bonchev–Trinajstić information content (AvgIpc) is 2.23. The van der Waals surface area contributed by atoms with Crippen LogP contribution in [0.25, 0.3) is 6.08 Å². The maximum absolute atomic E-state index is 11.6. The van der Waals surface area contributed by atoms with Gasteiger partial charge in [-0.05, 0) is 28.7 Å². The van der Waals surface area contributed by atoms with Gasteiger partial charge in [-0.1, -0.05) is 45.0 Å². The van der Waals surface area contributed by atoms with Crippen molar-refractivity contribution < 1.29 is 4.79 Å². The molecular formula is C14H16O. The highest BCUT2D eigenvalue weighted by molar-refractivity contribution is 6.01. The minimum absolute atomic E-state index is 0.0172. The lowest BCUT2D eigenvalue weighted by atomic mass is 9.81. The fourth-order valence-corrected chi connectivity index (χ4v) is 2.21. The maximum atomic E-state index is 11.6. The van der Waals surface area contributed by atoms with E-state index in [0.29, 0.717) is 5.92 Å². The third kappa shape index (κ3) is 1.63. The number of hydrogen-bond donors (Lipinski definition) is 0. The number of hydrogen-bond acceptors (Lipinski definition) is 1. The summed E-state index contributed by atoms with van der Waals surface area (Å²) in [6, 6.07) is 6.29. The highest BCUT2D eigenvalue weighted by Crippen LogP contribution is 2.33. The largest absolute Gasteiger partial charge is 0.294 e. The summed E-state index contributed by atoms with van der Waals surface area (Å²) < 4.78 is 0. The van der Waals surface area contributed by atoms with Crippen molar-refractivity contribution in [2.75, 3.05) is 0 Å². The number of fused-ring (bicyclic) bond motifs is 1. The molecule has 0 fully saturated rings. The van der Waals surface area contributed by atoms with E-state index in [1.54, 1.807) is 6.08 Å². The molecule has 0 saturated carbocycles. The Morgan fingerprint density at radius 1 is 1.20 bits per heavy atom. The molecule has 78 valence electrons. The second-order valence-electron chi connectivity index (χ2n) is 4.46. The first-order valence-corrected chi connectivity index (χ1v) is 5.46. The van der Waals surface area contributed by atoms with Crippen molar-refractivity contribution in [2.45, 2.75) is 32.6 Å². The highest BCUT2D eigenvalue weighted by atomic mass is 16.1. The number of ketones is 1. The molecule has 1 aliphatic carbocycles. The molecular weight excluding hydrogens is 184 g/mol. The van der Waals surface area contributed by atoms with E-state index in [0.717, 1.165) is 0 Å². The minimum atomic E-state index is 0.0172. The summed E-state index contributed by atoms with van der Waals surface area (Å²) in [6.07, 6.45) is 3.63. The molecule has 1 nitrogen and oxygen atoms in total. The molecule has 1 atom stereocenters. The summed E-state index contributed by atoms with van der Waals surface area (Å²) in [5, 5.41) is 0. The van der Waals surface area contributed by atoms with E-state index in [1.807, 2.05) is 13.0 Å². The molecule has 1 aliphatic rings. The van der Waals surface area contributed by atoms with E-state index in [1.165, 1.54) is 16.7 Å². The smallest absolute Gasteiger partial charge is 0.162 e. The molecule has 2 rings (SSSR count). The lowest BCUT2D eigenvalue weighted by molar-refractivity contribution is -0.115. The van der Waals surface area contributed by atoms with Crippen LogP contribution in [-0.4, -0.2) is 5.78 Å². The zero-order valence-corrected chi connectivity index (χ0v) is 9.45. The van der Waals surface area contributed by atoms with Crippen LogP contribution in [-0.2, 0) is 4.79 Å². The van der Waals surface area contributed by atoms with Gasteiger partial charge in [-0.25, -0.2) is 0 Å². The molecule has 0 amide bonds. The van der Waals surface area contributed by atoms with Crippen LogP contribution in [0.15, 0.2) is 24.3 Å². The predicted octanol–water partition coefficient (Wildman–Crippen LogP) is 3.51. The Labute approximate surface area is 90.8 Å². The van der Waals surface area contributed by atoms with Crippen LogP contribution in [0.2, 0.25) is 0 Å². The second kappa shape index (κ2) is 3.65. The topological polar surface area (TPSA) is 17.1 Å². The maximum Gasteiger partial charge on any atom is 0.162 e. The summed E-state index contributed by atoms with van der Waals surface area (Å²) in [4.78, 5) is 11.6. The Morgan fingerprint density at radius 2 is 1.93 bits per heavy atom. The van der Waals surface area contributed by atoms with Crippen molar-refractivity contribution in [3.8, 4) is 0 Å². The molecule has 0 heterocycles. The van der Waals surface area contributed by atoms with E-state index >= 15 is 0 Å². The first-order chi connectivity index (χ1) is 7.11. The Kier molecular flexibility index (Phi) is 2.47. The number of carbonyl (C=O) groups is 1. The van der Waals surface area contributed by atoms with Crippen molar-refractivity contribution >= 4 is 11.9 Å². The third-order valence-electron chi connectivity index (χ3n) is 3.08. The number of carbonyl (C=O) groups excluding carboxylic acids is 1. The van der Waals surface area contributed by atoms with Crippen LogP contribution in [0.3, 0.4) is 0 Å². The van der Waals surface area contributed by atoms with Crippen LogP contribution in [0.5, 0.6) is 0 Å². The summed E-state index contributed by atoms with van der Waals surface area (Å²) in [5.41, 5.74) is 3.73. The first kappa shape index (κ1) is 10.2. The molecule has 0 N–H and O–H groups in total. The normalized spacial score (nSPS) is 19.5. The summed E-state index contributed by atoms with van der Waals surface area (Å²) in [6.45, 7) is 6.34. The third-order valence-corrected chi connectivity index (χ3v) is 3.08. The van der Waals surface area contributed by atoms with Gasteiger partial charge < -0.3 is 0 Å². The van der Waals surface area contributed by atoms with Gasteiger partial charge in [-0.15, -0.1) is 0 Å². The Bertz CT molecular complexity index is 427. The monoisotopic (exact) mass is 200 g/mol. The van der Waals surface area contributed by atoms with Crippen molar-refractivity contribution in [2.24, 2.45) is 0 Å². The summed E-state index contributed by atoms with van der Waals surface area (Å²) >= 11 is 0. The Balaban J connectivity index is 2.64. The van der Waals surface area contributed by atoms with E-state index in [4.69, 9.17) is 0 Å². The van der Waals surface area contributed by atoms with Crippen LogP contribution < -0.4 is 0 Å².